The van der Waals surface area contributed by atoms with Crippen molar-refractivity contribution < 1.29 is 14.3 Å². The van der Waals surface area contributed by atoms with Gasteiger partial charge in [-0.25, -0.2) is 4.79 Å². The number of amides is 1. The van der Waals surface area contributed by atoms with Crippen LogP contribution in [-0.2, 0) is 9.53 Å². The van der Waals surface area contributed by atoms with Crippen LogP contribution in [0.2, 0.25) is 0 Å². The molecule has 5 nitrogen and oxygen atoms in total. The number of aldehydes is 1. The second-order valence-electron chi connectivity index (χ2n) is 7.36. The molecule has 2 rings (SSSR count). The molecule has 0 N–H and O–H groups in total. The third-order valence-electron chi connectivity index (χ3n) is 5.34. The maximum Gasteiger partial charge on any atom is 0.410 e. The zero-order valence-corrected chi connectivity index (χ0v) is 14.9. The predicted molar refractivity (Wildman–Crippen MR) is 90.4 cm³/mol. The molecule has 1 amide bonds. The fraction of sp³-hybridized carbons (Fsp3) is 0.889. The fourth-order valence-corrected chi connectivity index (χ4v) is 3.97. The number of ether oxygens (including phenoxy) is 1. The third-order valence-corrected chi connectivity index (χ3v) is 5.34. The Morgan fingerprint density at radius 2 is 1.74 bits per heavy atom. The lowest BCUT2D eigenvalue weighted by atomic mass is 9.83. The van der Waals surface area contributed by atoms with E-state index in [4.69, 9.17) is 4.74 Å². The zero-order chi connectivity index (χ0) is 16.8. The Balaban J connectivity index is 1.91. The molecule has 0 spiro atoms. The fourth-order valence-electron chi connectivity index (χ4n) is 3.97. The summed E-state index contributed by atoms with van der Waals surface area (Å²) in [7, 11) is 0. The van der Waals surface area contributed by atoms with Crippen LogP contribution in [0.25, 0.3) is 0 Å². The highest BCUT2D eigenvalue weighted by Crippen LogP contribution is 2.32. The molecule has 1 heterocycles. The molecule has 0 radical (unpaired) electrons. The van der Waals surface area contributed by atoms with Gasteiger partial charge in [0.15, 0.2) is 0 Å². The minimum absolute atomic E-state index is 0.00590. The number of piperazine rings is 1. The van der Waals surface area contributed by atoms with Gasteiger partial charge in [-0.15, -0.1) is 0 Å². The quantitative estimate of drug-likeness (QED) is 0.589. The van der Waals surface area contributed by atoms with Crippen molar-refractivity contribution in [1.29, 1.82) is 0 Å². The van der Waals surface area contributed by atoms with E-state index in [0.29, 0.717) is 24.9 Å². The second kappa shape index (κ2) is 8.67. The van der Waals surface area contributed by atoms with E-state index in [9.17, 15) is 9.59 Å². The molecule has 5 heteroatoms. The molecule has 0 aromatic rings. The number of nitrogens with zero attached hydrogens (tertiary/aromatic N) is 2. The lowest BCUT2D eigenvalue weighted by Gasteiger charge is -2.41. The van der Waals surface area contributed by atoms with Gasteiger partial charge in [0.1, 0.15) is 6.29 Å². The lowest BCUT2D eigenvalue weighted by Crippen LogP contribution is -2.55. The molecule has 1 saturated carbocycles. The Hall–Kier alpha value is -1.10. The molecule has 0 bridgehead atoms. The molecule has 23 heavy (non-hydrogen) atoms. The third kappa shape index (κ3) is 4.93. The first-order valence-electron chi connectivity index (χ1n) is 9.17. The standard InChI is InChI=1S/C18H32N2O3/c1-14(2)23-18(22)20-11-9-19(10-12-20)17(13-21)16-8-6-4-5-7-15(16)3/h13-17H,4-12H2,1-3H3. The van der Waals surface area contributed by atoms with Crippen LogP contribution in [0.1, 0.15) is 52.9 Å². The van der Waals surface area contributed by atoms with Crippen molar-refractivity contribution in [3.63, 3.8) is 0 Å². The number of carbonyl (C=O) groups is 2. The van der Waals surface area contributed by atoms with Crippen molar-refractivity contribution in [3.05, 3.63) is 0 Å². The van der Waals surface area contributed by atoms with Gasteiger partial charge in [-0.3, -0.25) is 4.90 Å². The number of hydrogen-bond acceptors (Lipinski definition) is 4. The van der Waals surface area contributed by atoms with E-state index in [1.165, 1.54) is 25.7 Å². The molecule has 1 aliphatic heterocycles. The monoisotopic (exact) mass is 324 g/mol. The molecule has 3 atom stereocenters. The van der Waals surface area contributed by atoms with Crippen molar-refractivity contribution >= 4 is 12.4 Å². The molecule has 2 aliphatic rings. The van der Waals surface area contributed by atoms with Gasteiger partial charge < -0.3 is 14.4 Å². The van der Waals surface area contributed by atoms with Gasteiger partial charge >= 0.3 is 6.09 Å². The van der Waals surface area contributed by atoms with Crippen LogP contribution in [-0.4, -0.2) is 60.5 Å². The van der Waals surface area contributed by atoms with Crippen LogP contribution in [0, 0.1) is 11.8 Å². The average molecular weight is 324 g/mol. The summed E-state index contributed by atoms with van der Waals surface area (Å²) in [5, 5.41) is 0. The van der Waals surface area contributed by atoms with Gasteiger partial charge in [-0.1, -0.05) is 32.6 Å². The molecule has 1 saturated heterocycles. The Kier molecular flexibility index (Phi) is 6.88. The highest BCUT2D eigenvalue weighted by molar-refractivity contribution is 5.68. The van der Waals surface area contributed by atoms with Crippen LogP contribution in [0.3, 0.4) is 0 Å². The highest BCUT2D eigenvalue weighted by atomic mass is 16.6. The van der Waals surface area contributed by atoms with Crippen molar-refractivity contribution in [2.75, 3.05) is 26.2 Å². The van der Waals surface area contributed by atoms with Gasteiger partial charge in [0.05, 0.1) is 12.1 Å². The summed E-state index contributed by atoms with van der Waals surface area (Å²) in [6, 6.07) is 0.00590. The first-order valence-corrected chi connectivity index (χ1v) is 9.17. The minimum atomic E-state index is -0.231. The van der Waals surface area contributed by atoms with E-state index in [1.54, 1.807) is 4.90 Å². The maximum atomic E-state index is 12.0. The molecule has 3 unspecified atom stereocenters. The first-order chi connectivity index (χ1) is 11.0. The number of carbonyl (C=O) groups excluding carboxylic acids is 2. The SMILES string of the molecule is CC(C)OC(=O)N1CCN(C(C=O)C2CCCCCC2C)CC1. The van der Waals surface area contributed by atoms with Crippen molar-refractivity contribution in [1.82, 2.24) is 9.80 Å². The van der Waals surface area contributed by atoms with Crippen molar-refractivity contribution in [2.45, 2.75) is 65.0 Å². The van der Waals surface area contributed by atoms with Crippen molar-refractivity contribution in [3.8, 4) is 0 Å². The Morgan fingerprint density at radius 1 is 1.09 bits per heavy atom. The van der Waals surface area contributed by atoms with E-state index < -0.39 is 0 Å². The van der Waals surface area contributed by atoms with Crippen LogP contribution in [0.4, 0.5) is 4.79 Å². The molecule has 0 aromatic carbocycles. The average Bonchev–Trinajstić information content (AvgIpc) is 2.73. The summed E-state index contributed by atoms with van der Waals surface area (Å²) in [4.78, 5) is 27.8. The van der Waals surface area contributed by atoms with Crippen LogP contribution in [0.15, 0.2) is 0 Å². The Bertz CT molecular complexity index is 392. The summed E-state index contributed by atoms with van der Waals surface area (Å²) in [5.74, 6) is 1.07. The molecule has 1 aliphatic carbocycles. The predicted octanol–water partition coefficient (Wildman–Crippen LogP) is 2.93. The zero-order valence-electron chi connectivity index (χ0n) is 14.9. The lowest BCUT2D eigenvalue weighted by molar-refractivity contribution is -0.115. The van der Waals surface area contributed by atoms with Gasteiger partial charge in [-0.2, -0.15) is 0 Å². The summed E-state index contributed by atoms with van der Waals surface area (Å²) in [6.45, 7) is 8.85. The van der Waals surface area contributed by atoms with E-state index in [-0.39, 0.29) is 18.2 Å². The molecule has 2 fully saturated rings. The van der Waals surface area contributed by atoms with Gasteiger partial charge in [0, 0.05) is 26.2 Å². The van der Waals surface area contributed by atoms with Gasteiger partial charge in [0.2, 0.25) is 0 Å². The molecular weight excluding hydrogens is 292 g/mol. The van der Waals surface area contributed by atoms with Gasteiger partial charge in [-0.05, 0) is 32.1 Å². The second-order valence-corrected chi connectivity index (χ2v) is 7.36. The number of hydrogen-bond donors (Lipinski definition) is 0. The van der Waals surface area contributed by atoms with E-state index in [1.807, 2.05) is 13.8 Å². The minimum Gasteiger partial charge on any atom is -0.447 e. The summed E-state index contributed by atoms with van der Waals surface area (Å²) in [5.41, 5.74) is 0. The normalized spacial score (nSPS) is 28.3. The van der Waals surface area contributed by atoms with Crippen LogP contribution < -0.4 is 0 Å². The Morgan fingerprint density at radius 3 is 2.35 bits per heavy atom. The van der Waals surface area contributed by atoms with Crippen molar-refractivity contribution in [2.24, 2.45) is 11.8 Å². The van der Waals surface area contributed by atoms with E-state index in [2.05, 4.69) is 11.8 Å². The highest BCUT2D eigenvalue weighted by Gasteiger charge is 2.34. The van der Waals surface area contributed by atoms with Gasteiger partial charge in [0.25, 0.3) is 0 Å². The summed E-state index contributed by atoms with van der Waals surface area (Å²) >= 11 is 0. The smallest absolute Gasteiger partial charge is 0.410 e. The van der Waals surface area contributed by atoms with Crippen LogP contribution in [0.5, 0.6) is 0 Å². The maximum absolute atomic E-state index is 12.0. The number of rotatable bonds is 4. The summed E-state index contributed by atoms with van der Waals surface area (Å²) < 4.78 is 5.26. The Labute approximate surface area is 140 Å². The van der Waals surface area contributed by atoms with Crippen LogP contribution >= 0.6 is 0 Å². The van der Waals surface area contributed by atoms with E-state index >= 15 is 0 Å². The molecule has 132 valence electrons. The largest absolute Gasteiger partial charge is 0.447 e. The first kappa shape index (κ1) is 18.2. The topological polar surface area (TPSA) is 49.9 Å². The summed E-state index contributed by atoms with van der Waals surface area (Å²) in [6.07, 6.45) is 7.03. The van der Waals surface area contributed by atoms with E-state index in [0.717, 1.165) is 25.8 Å². The molecule has 0 aromatic heterocycles. The molecular formula is C18H32N2O3.